The van der Waals surface area contributed by atoms with Gasteiger partial charge in [0.15, 0.2) is 5.69 Å². The summed E-state index contributed by atoms with van der Waals surface area (Å²) in [6.45, 7) is 0. The van der Waals surface area contributed by atoms with Crippen molar-refractivity contribution in [3.05, 3.63) is 60.1 Å². The standard InChI is InChI=1S/C17H11F5N4O/c1-25-15(6-16(24-25)17(20,21)22)13-3-2-11(5-14(13)19)26(9-27)12-4-10(18)7-23-8-12/h2-9H,1H3. The Labute approximate surface area is 149 Å². The van der Waals surface area contributed by atoms with Crippen LogP contribution in [-0.2, 0) is 18.0 Å². The molecule has 0 aliphatic rings. The number of aryl methyl sites for hydroxylation is 1. The van der Waals surface area contributed by atoms with Crippen molar-refractivity contribution in [3.8, 4) is 11.3 Å². The molecule has 140 valence electrons. The smallest absolute Gasteiger partial charge is 0.282 e. The Morgan fingerprint density at radius 1 is 1.07 bits per heavy atom. The second-order valence-electron chi connectivity index (χ2n) is 5.54. The highest BCUT2D eigenvalue weighted by molar-refractivity contribution is 5.86. The number of carbonyl (C=O) groups excluding carboxylic acids is 1. The van der Waals surface area contributed by atoms with E-state index in [1.807, 2.05) is 0 Å². The van der Waals surface area contributed by atoms with Crippen molar-refractivity contribution < 1.29 is 26.7 Å². The third-order valence-corrected chi connectivity index (χ3v) is 3.75. The summed E-state index contributed by atoms with van der Waals surface area (Å²) in [7, 11) is 1.26. The first-order valence-corrected chi connectivity index (χ1v) is 7.47. The number of hydrogen-bond donors (Lipinski definition) is 0. The van der Waals surface area contributed by atoms with E-state index in [1.54, 1.807) is 0 Å². The van der Waals surface area contributed by atoms with Gasteiger partial charge >= 0.3 is 6.18 Å². The molecule has 2 aromatic heterocycles. The molecule has 1 amide bonds. The van der Waals surface area contributed by atoms with Crippen LogP contribution in [0.3, 0.4) is 0 Å². The third-order valence-electron chi connectivity index (χ3n) is 3.75. The van der Waals surface area contributed by atoms with Crippen LogP contribution in [0.5, 0.6) is 0 Å². The second kappa shape index (κ2) is 6.78. The molecular weight excluding hydrogens is 371 g/mol. The van der Waals surface area contributed by atoms with Gasteiger partial charge in [0.1, 0.15) is 11.6 Å². The molecule has 0 radical (unpaired) electrons. The van der Waals surface area contributed by atoms with Crippen LogP contribution in [0.1, 0.15) is 5.69 Å². The average Bonchev–Trinajstić information content (AvgIpc) is 2.98. The highest BCUT2D eigenvalue weighted by atomic mass is 19.4. The van der Waals surface area contributed by atoms with Crippen molar-refractivity contribution >= 4 is 17.8 Å². The van der Waals surface area contributed by atoms with Gasteiger partial charge < -0.3 is 0 Å². The van der Waals surface area contributed by atoms with E-state index in [9.17, 15) is 26.7 Å². The van der Waals surface area contributed by atoms with Gasteiger partial charge in [0.2, 0.25) is 6.41 Å². The summed E-state index contributed by atoms with van der Waals surface area (Å²) in [5.74, 6) is -1.56. The lowest BCUT2D eigenvalue weighted by Gasteiger charge is -2.18. The molecule has 1 aromatic carbocycles. The number of halogens is 5. The molecule has 0 aliphatic heterocycles. The number of rotatable bonds is 4. The van der Waals surface area contributed by atoms with Crippen molar-refractivity contribution in [1.82, 2.24) is 14.8 Å². The number of nitrogens with zero attached hydrogens (tertiary/aromatic N) is 4. The SMILES string of the molecule is Cn1nc(C(F)(F)F)cc1-c1ccc(N(C=O)c2cncc(F)c2)cc1F. The minimum atomic E-state index is -4.66. The zero-order valence-electron chi connectivity index (χ0n) is 13.7. The van der Waals surface area contributed by atoms with Crippen LogP contribution in [0.2, 0.25) is 0 Å². The lowest BCUT2D eigenvalue weighted by Crippen LogP contribution is -2.15. The molecule has 0 spiro atoms. The molecule has 0 N–H and O–H groups in total. The summed E-state index contributed by atoms with van der Waals surface area (Å²) in [5, 5.41) is 3.34. The van der Waals surface area contributed by atoms with Crippen molar-refractivity contribution in [2.75, 3.05) is 4.90 Å². The molecule has 0 unspecified atom stereocenters. The van der Waals surface area contributed by atoms with E-state index in [4.69, 9.17) is 0 Å². The Bertz CT molecular complexity index is 999. The molecule has 10 heteroatoms. The predicted octanol–water partition coefficient (Wildman–Crippen LogP) is 4.07. The lowest BCUT2D eigenvalue weighted by atomic mass is 10.1. The Morgan fingerprint density at radius 3 is 2.37 bits per heavy atom. The molecule has 0 atom stereocenters. The summed E-state index contributed by atoms with van der Waals surface area (Å²) in [5.41, 5.74) is -1.25. The fraction of sp³-hybridized carbons (Fsp3) is 0.118. The van der Waals surface area contributed by atoms with Crippen LogP contribution in [-0.4, -0.2) is 21.2 Å². The fourth-order valence-corrected chi connectivity index (χ4v) is 2.52. The normalized spacial score (nSPS) is 11.5. The number of aromatic nitrogens is 3. The zero-order valence-corrected chi connectivity index (χ0v) is 13.7. The van der Waals surface area contributed by atoms with Crippen LogP contribution in [0.15, 0.2) is 42.7 Å². The molecule has 0 fully saturated rings. The van der Waals surface area contributed by atoms with Gasteiger partial charge in [0.25, 0.3) is 0 Å². The highest BCUT2D eigenvalue weighted by Crippen LogP contribution is 2.34. The number of pyridine rings is 1. The first-order valence-electron chi connectivity index (χ1n) is 7.47. The van der Waals surface area contributed by atoms with Crippen LogP contribution in [0.4, 0.5) is 33.3 Å². The largest absolute Gasteiger partial charge is 0.435 e. The summed E-state index contributed by atoms with van der Waals surface area (Å²) in [6.07, 6.45) is -2.17. The monoisotopic (exact) mass is 382 g/mol. The molecule has 27 heavy (non-hydrogen) atoms. The maximum Gasteiger partial charge on any atom is 0.435 e. The first kappa shape index (κ1) is 18.5. The molecule has 0 saturated carbocycles. The van der Waals surface area contributed by atoms with Gasteiger partial charge in [-0.3, -0.25) is 19.4 Å². The molecule has 3 aromatic rings. The van der Waals surface area contributed by atoms with Gasteiger partial charge in [-0.05, 0) is 24.3 Å². The van der Waals surface area contributed by atoms with E-state index < -0.39 is 23.5 Å². The summed E-state index contributed by atoms with van der Waals surface area (Å²) >= 11 is 0. The number of benzene rings is 1. The van der Waals surface area contributed by atoms with Crippen LogP contribution >= 0.6 is 0 Å². The number of alkyl halides is 3. The fourth-order valence-electron chi connectivity index (χ4n) is 2.52. The molecule has 0 saturated heterocycles. The minimum absolute atomic E-state index is 0.0527. The molecule has 5 nitrogen and oxygen atoms in total. The highest BCUT2D eigenvalue weighted by Gasteiger charge is 2.35. The molecule has 0 bridgehead atoms. The zero-order chi connectivity index (χ0) is 19.8. The maximum atomic E-state index is 14.6. The van der Waals surface area contributed by atoms with E-state index in [1.165, 1.54) is 25.4 Å². The van der Waals surface area contributed by atoms with Crippen LogP contribution in [0, 0.1) is 11.6 Å². The maximum absolute atomic E-state index is 14.6. The van der Waals surface area contributed by atoms with Crippen molar-refractivity contribution in [3.63, 3.8) is 0 Å². The predicted molar refractivity (Wildman–Crippen MR) is 86.0 cm³/mol. The van der Waals surface area contributed by atoms with E-state index >= 15 is 0 Å². The number of anilines is 2. The van der Waals surface area contributed by atoms with Gasteiger partial charge in [-0.25, -0.2) is 8.78 Å². The number of hydrogen-bond acceptors (Lipinski definition) is 3. The minimum Gasteiger partial charge on any atom is -0.282 e. The van der Waals surface area contributed by atoms with E-state index in [0.717, 1.165) is 34.0 Å². The topological polar surface area (TPSA) is 51.0 Å². The van der Waals surface area contributed by atoms with Gasteiger partial charge in [-0.15, -0.1) is 0 Å². The second-order valence-corrected chi connectivity index (χ2v) is 5.54. The van der Waals surface area contributed by atoms with Gasteiger partial charge in [-0.1, -0.05) is 0 Å². The molecule has 3 rings (SSSR count). The Balaban J connectivity index is 2.01. The summed E-state index contributed by atoms with van der Waals surface area (Å²) < 4.78 is 67.1. The molecule has 0 aliphatic carbocycles. The summed E-state index contributed by atoms with van der Waals surface area (Å²) in [4.78, 5) is 15.9. The Morgan fingerprint density at radius 2 is 1.81 bits per heavy atom. The molecule has 2 heterocycles. The van der Waals surface area contributed by atoms with Crippen molar-refractivity contribution in [2.45, 2.75) is 6.18 Å². The first-order chi connectivity index (χ1) is 12.7. The Hall–Kier alpha value is -3.30. The Kier molecular flexibility index (Phi) is 4.64. The van der Waals surface area contributed by atoms with Crippen LogP contribution in [0.25, 0.3) is 11.3 Å². The van der Waals surface area contributed by atoms with Gasteiger partial charge in [0, 0.05) is 18.7 Å². The average molecular weight is 382 g/mol. The quantitative estimate of drug-likeness (QED) is 0.505. The van der Waals surface area contributed by atoms with E-state index in [2.05, 4.69) is 10.1 Å². The van der Waals surface area contributed by atoms with Gasteiger partial charge in [-0.2, -0.15) is 18.3 Å². The van der Waals surface area contributed by atoms with E-state index in [0.29, 0.717) is 6.41 Å². The lowest BCUT2D eigenvalue weighted by molar-refractivity contribution is -0.141. The third kappa shape index (κ3) is 3.64. The van der Waals surface area contributed by atoms with Crippen molar-refractivity contribution in [1.29, 1.82) is 0 Å². The van der Waals surface area contributed by atoms with Gasteiger partial charge in [0.05, 0.1) is 29.5 Å². The molecular formula is C17H11F5N4O. The number of amides is 1. The number of carbonyl (C=O) groups is 1. The summed E-state index contributed by atoms with van der Waals surface area (Å²) in [6, 6.07) is 5.24. The van der Waals surface area contributed by atoms with Crippen LogP contribution < -0.4 is 4.90 Å². The van der Waals surface area contributed by atoms with Crippen molar-refractivity contribution in [2.24, 2.45) is 7.05 Å². The van der Waals surface area contributed by atoms with E-state index in [-0.39, 0.29) is 22.6 Å².